The van der Waals surface area contributed by atoms with Crippen LogP contribution in [0.4, 0.5) is 0 Å². The molecule has 0 bridgehead atoms. The standard InChI is InChI=1S/C6H9N3O3/c7-5(6(10)12-11)1-4-2-8-3-9-4/h2-3,5,11H,1,7H2,(H,8,9). The van der Waals surface area contributed by atoms with Crippen molar-refractivity contribution in [3.8, 4) is 0 Å². The van der Waals surface area contributed by atoms with Gasteiger partial charge in [0.15, 0.2) is 0 Å². The van der Waals surface area contributed by atoms with Crippen molar-refractivity contribution in [2.75, 3.05) is 0 Å². The van der Waals surface area contributed by atoms with Crippen molar-refractivity contribution in [2.45, 2.75) is 12.5 Å². The summed E-state index contributed by atoms with van der Waals surface area (Å²) in [5.41, 5.74) is 6.05. The lowest BCUT2D eigenvalue weighted by atomic mass is 10.2. The lowest BCUT2D eigenvalue weighted by Gasteiger charge is -2.04. The molecule has 1 heterocycles. The summed E-state index contributed by atoms with van der Waals surface area (Å²) in [5.74, 6) is -0.857. The largest absolute Gasteiger partial charge is 0.358 e. The van der Waals surface area contributed by atoms with Crippen LogP contribution in [0.1, 0.15) is 5.69 Å². The molecular weight excluding hydrogens is 162 g/mol. The van der Waals surface area contributed by atoms with E-state index in [1.54, 1.807) is 6.20 Å². The number of H-pyrrole nitrogens is 1. The first-order valence-corrected chi connectivity index (χ1v) is 3.32. The zero-order valence-corrected chi connectivity index (χ0v) is 6.23. The summed E-state index contributed by atoms with van der Waals surface area (Å²) in [7, 11) is 0. The number of hydrogen-bond acceptors (Lipinski definition) is 5. The minimum absolute atomic E-state index is 0.263. The average Bonchev–Trinajstić information content (AvgIpc) is 2.55. The fourth-order valence-corrected chi connectivity index (χ4v) is 0.784. The third-order valence-electron chi connectivity index (χ3n) is 1.39. The fraction of sp³-hybridized carbons (Fsp3) is 0.333. The van der Waals surface area contributed by atoms with E-state index in [4.69, 9.17) is 11.0 Å². The first-order valence-electron chi connectivity index (χ1n) is 3.32. The number of rotatable bonds is 3. The first kappa shape index (κ1) is 8.69. The van der Waals surface area contributed by atoms with Gasteiger partial charge in [0, 0.05) is 18.3 Å². The van der Waals surface area contributed by atoms with Crippen molar-refractivity contribution < 1.29 is 14.9 Å². The number of nitrogens with zero attached hydrogens (tertiary/aromatic N) is 1. The van der Waals surface area contributed by atoms with Crippen LogP contribution in [0.3, 0.4) is 0 Å². The second-order valence-electron chi connectivity index (χ2n) is 2.30. The van der Waals surface area contributed by atoms with Gasteiger partial charge in [-0.3, -0.25) is 4.89 Å². The minimum atomic E-state index is -0.865. The maximum absolute atomic E-state index is 10.6. The molecule has 0 amide bonds. The molecule has 0 saturated heterocycles. The molecule has 12 heavy (non-hydrogen) atoms. The predicted octanol–water partition coefficient (Wildman–Crippen LogP) is -0.704. The summed E-state index contributed by atoms with van der Waals surface area (Å²) < 4.78 is 0. The molecular formula is C6H9N3O3. The molecule has 0 saturated carbocycles. The number of hydrogen-bond donors (Lipinski definition) is 3. The molecule has 0 fully saturated rings. The molecule has 1 atom stereocenters. The van der Waals surface area contributed by atoms with Crippen LogP contribution in [0.15, 0.2) is 12.5 Å². The molecule has 1 unspecified atom stereocenters. The van der Waals surface area contributed by atoms with Crippen LogP contribution in [-0.4, -0.2) is 27.2 Å². The van der Waals surface area contributed by atoms with Crippen LogP contribution in [-0.2, 0) is 16.1 Å². The van der Waals surface area contributed by atoms with Crippen LogP contribution in [0, 0.1) is 0 Å². The zero-order chi connectivity index (χ0) is 8.97. The van der Waals surface area contributed by atoms with E-state index in [1.165, 1.54) is 6.33 Å². The summed E-state index contributed by atoms with van der Waals surface area (Å²) in [6, 6.07) is -0.865. The van der Waals surface area contributed by atoms with E-state index in [1.807, 2.05) is 0 Å². The molecule has 0 aromatic carbocycles. The van der Waals surface area contributed by atoms with E-state index in [0.29, 0.717) is 5.69 Å². The van der Waals surface area contributed by atoms with Crippen molar-refractivity contribution in [1.29, 1.82) is 0 Å². The number of aromatic nitrogens is 2. The monoisotopic (exact) mass is 171 g/mol. The third kappa shape index (κ3) is 2.04. The lowest BCUT2D eigenvalue weighted by molar-refractivity contribution is -0.235. The van der Waals surface area contributed by atoms with Crippen molar-refractivity contribution in [1.82, 2.24) is 9.97 Å². The van der Waals surface area contributed by atoms with Crippen LogP contribution in [0.25, 0.3) is 0 Å². The maximum atomic E-state index is 10.6. The lowest BCUT2D eigenvalue weighted by Crippen LogP contribution is -2.33. The smallest absolute Gasteiger partial charge is 0.348 e. The van der Waals surface area contributed by atoms with Gasteiger partial charge in [0.25, 0.3) is 0 Å². The molecule has 0 spiro atoms. The average molecular weight is 171 g/mol. The van der Waals surface area contributed by atoms with Gasteiger partial charge >= 0.3 is 5.97 Å². The highest BCUT2D eigenvalue weighted by atomic mass is 17.1. The van der Waals surface area contributed by atoms with E-state index in [2.05, 4.69) is 14.9 Å². The van der Waals surface area contributed by atoms with E-state index in [-0.39, 0.29) is 6.42 Å². The topological polar surface area (TPSA) is 101 Å². The van der Waals surface area contributed by atoms with Gasteiger partial charge in [-0.15, -0.1) is 0 Å². The fourth-order valence-electron chi connectivity index (χ4n) is 0.784. The van der Waals surface area contributed by atoms with E-state index < -0.39 is 12.0 Å². The minimum Gasteiger partial charge on any atom is -0.348 e. The van der Waals surface area contributed by atoms with E-state index in [9.17, 15) is 4.79 Å². The summed E-state index contributed by atoms with van der Waals surface area (Å²) in [6.07, 6.45) is 3.29. The van der Waals surface area contributed by atoms with Gasteiger partial charge in [0.1, 0.15) is 6.04 Å². The SMILES string of the molecule is NC(Cc1cnc[nH]1)C(=O)OO. The van der Waals surface area contributed by atoms with E-state index in [0.717, 1.165) is 0 Å². The molecule has 0 aliphatic carbocycles. The van der Waals surface area contributed by atoms with Crippen LogP contribution < -0.4 is 5.73 Å². The number of carbonyl (C=O) groups excluding carboxylic acids is 1. The molecule has 6 heteroatoms. The Hall–Kier alpha value is -1.40. The highest BCUT2D eigenvalue weighted by Gasteiger charge is 2.15. The molecule has 4 N–H and O–H groups in total. The first-order chi connectivity index (χ1) is 5.74. The van der Waals surface area contributed by atoms with Crippen LogP contribution >= 0.6 is 0 Å². The normalized spacial score (nSPS) is 12.5. The molecule has 0 aliphatic rings. The molecule has 6 nitrogen and oxygen atoms in total. The van der Waals surface area contributed by atoms with E-state index >= 15 is 0 Å². The molecule has 1 aromatic heterocycles. The quantitative estimate of drug-likeness (QED) is 0.412. The second kappa shape index (κ2) is 3.84. The Kier molecular flexibility index (Phi) is 2.78. The number of imidazole rings is 1. The Morgan fingerprint density at radius 2 is 2.67 bits per heavy atom. The summed E-state index contributed by atoms with van der Waals surface area (Å²) in [5, 5.41) is 7.98. The molecule has 0 aliphatic heterocycles. The zero-order valence-electron chi connectivity index (χ0n) is 6.23. The van der Waals surface area contributed by atoms with Crippen LogP contribution in [0.2, 0.25) is 0 Å². The Morgan fingerprint density at radius 3 is 3.17 bits per heavy atom. The van der Waals surface area contributed by atoms with Gasteiger partial charge in [0.05, 0.1) is 6.33 Å². The summed E-state index contributed by atoms with van der Waals surface area (Å²) in [6.45, 7) is 0. The molecule has 0 radical (unpaired) electrons. The highest BCUT2D eigenvalue weighted by Crippen LogP contribution is 1.96. The second-order valence-corrected chi connectivity index (χ2v) is 2.30. The number of aromatic amines is 1. The highest BCUT2D eigenvalue weighted by molar-refractivity contribution is 5.75. The Bertz CT molecular complexity index is 247. The van der Waals surface area contributed by atoms with Crippen molar-refractivity contribution in [3.63, 3.8) is 0 Å². The van der Waals surface area contributed by atoms with Gasteiger partial charge in [-0.05, 0) is 0 Å². The molecule has 66 valence electrons. The van der Waals surface area contributed by atoms with Gasteiger partial charge in [-0.1, -0.05) is 0 Å². The Morgan fingerprint density at radius 1 is 1.92 bits per heavy atom. The Balaban J connectivity index is 2.47. The van der Waals surface area contributed by atoms with Crippen molar-refractivity contribution in [3.05, 3.63) is 18.2 Å². The van der Waals surface area contributed by atoms with Crippen LogP contribution in [0.5, 0.6) is 0 Å². The summed E-state index contributed by atoms with van der Waals surface area (Å²) in [4.78, 5) is 20.6. The van der Waals surface area contributed by atoms with Crippen molar-refractivity contribution in [2.24, 2.45) is 5.73 Å². The van der Waals surface area contributed by atoms with Gasteiger partial charge in [-0.2, -0.15) is 5.26 Å². The van der Waals surface area contributed by atoms with Gasteiger partial charge in [-0.25, -0.2) is 9.78 Å². The third-order valence-corrected chi connectivity index (χ3v) is 1.39. The van der Waals surface area contributed by atoms with Gasteiger partial charge < -0.3 is 10.7 Å². The number of carbonyl (C=O) groups is 1. The van der Waals surface area contributed by atoms with Crippen molar-refractivity contribution >= 4 is 5.97 Å². The number of nitrogens with one attached hydrogen (secondary N) is 1. The predicted molar refractivity (Wildman–Crippen MR) is 39.0 cm³/mol. The summed E-state index contributed by atoms with van der Waals surface area (Å²) >= 11 is 0. The maximum Gasteiger partial charge on any atom is 0.358 e. The van der Waals surface area contributed by atoms with Gasteiger partial charge in [0.2, 0.25) is 0 Å². The Labute approximate surface area is 68.3 Å². The number of nitrogens with two attached hydrogens (primary N) is 1. The molecule has 1 rings (SSSR count). The molecule has 1 aromatic rings.